The maximum atomic E-state index is 12.8. The number of hydrogen-bond donors (Lipinski definition) is 2. The van der Waals surface area contributed by atoms with Crippen molar-refractivity contribution in [3.8, 4) is 0 Å². The molecule has 22 heavy (non-hydrogen) atoms. The Morgan fingerprint density at radius 3 is 2.55 bits per heavy atom. The molecule has 0 aromatic heterocycles. The van der Waals surface area contributed by atoms with Gasteiger partial charge in [-0.05, 0) is 30.7 Å². The van der Waals surface area contributed by atoms with E-state index in [0.717, 1.165) is 24.2 Å². The van der Waals surface area contributed by atoms with Crippen LogP contribution in [0.1, 0.15) is 33.1 Å². The molecule has 1 rings (SSSR count). The zero-order chi connectivity index (χ0) is 15.7. The van der Waals surface area contributed by atoms with Gasteiger partial charge in [0.15, 0.2) is 0 Å². The van der Waals surface area contributed by atoms with Crippen LogP contribution in [0.15, 0.2) is 29.2 Å². The second-order valence-electron chi connectivity index (χ2n) is 5.25. The fourth-order valence-corrected chi connectivity index (χ4v) is 2.79. The van der Waals surface area contributed by atoms with Gasteiger partial charge in [-0.3, -0.25) is 4.79 Å². The van der Waals surface area contributed by atoms with Crippen LogP contribution in [0.2, 0.25) is 0 Å². The van der Waals surface area contributed by atoms with E-state index < -0.39 is 0 Å². The Hall–Kier alpha value is -0.780. The molecule has 3 N–H and O–H groups in total. The lowest BCUT2D eigenvalue weighted by Crippen LogP contribution is -2.43. The Labute approximate surface area is 143 Å². The van der Waals surface area contributed by atoms with Crippen LogP contribution in [0.5, 0.6) is 0 Å². The van der Waals surface area contributed by atoms with Gasteiger partial charge in [0.25, 0.3) is 0 Å². The maximum absolute atomic E-state index is 12.8. The van der Waals surface area contributed by atoms with E-state index in [1.807, 2.05) is 6.92 Å². The zero-order valence-corrected chi connectivity index (χ0v) is 14.8. The number of benzene rings is 1. The number of nitrogens with two attached hydrogens (primary N) is 1. The number of halogens is 2. The van der Waals surface area contributed by atoms with Crippen LogP contribution in [-0.4, -0.2) is 24.2 Å². The highest BCUT2D eigenvalue weighted by molar-refractivity contribution is 7.99. The molecule has 0 spiro atoms. The molecule has 0 bridgehead atoms. The SMILES string of the molecule is CCCCC(CN)NC(=O)C(C)CSc1ccc(F)cc1.Cl. The Morgan fingerprint density at radius 1 is 1.36 bits per heavy atom. The number of unbranched alkanes of at least 4 members (excludes halogenated alkanes) is 1. The van der Waals surface area contributed by atoms with E-state index in [9.17, 15) is 9.18 Å². The van der Waals surface area contributed by atoms with Gasteiger partial charge in [0, 0.05) is 29.2 Å². The van der Waals surface area contributed by atoms with Crippen molar-refractivity contribution < 1.29 is 9.18 Å². The molecule has 0 saturated heterocycles. The van der Waals surface area contributed by atoms with E-state index in [0.29, 0.717) is 12.3 Å². The molecule has 2 atom stereocenters. The standard InChI is InChI=1S/C16H25FN2OS.ClH/c1-3-4-5-14(10-18)19-16(20)12(2)11-21-15-8-6-13(17)7-9-15;/h6-9,12,14H,3-5,10-11,18H2,1-2H3,(H,19,20);1H. The minimum atomic E-state index is -0.244. The molecule has 0 fully saturated rings. The van der Waals surface area contributed by atoms with Crippen molar-refractivity contribution in [2.45, 2.75) is 44.0 Å². The van der Waals surface area contributed by atoms with Gasteiger partial charge in [-0.1, -0.05) is 26.7 Å². The van der Waals surface area contributed by atoms with Gasteiger partial charge in [0.1, 0.15) is 5.82 Å². The van der Waals surface area contributed by atoms with E-state index in [2.05, 4.69) is 12.2 Å². The third-order valence-electron chi connectivity index (χ3n) is 3.30. The summed E-state index contributed by atoms with van der Waals surface area (Å²) in [4.78, 5) is 13.1. The molecule has 126 valence electrons. The Morgan fingerprint density at radius 2 is 2.00 bits per heavy atom. The maximum Gasteiger partial charge on any atom is 0.223 e. The summed E-state index contributed by atoms with van der Waals surface area (Å²) in [6.07, 6.45) is 3.10. The molecule has 0 aliphatic heterocycles. The number of thioether (sulfide) groups is 1. The monoisotopic (exact) mass is 348 g/mol. The Bertz CT molecular complexity index is 431. The first kappa shape index (κ1) is 21.2. The van der Waals surface area contributed by atoms with Crippen LogP contribution < -0.4 is 11.1 Å². The number of carbonyl (C=O) groups is 1. The highest BCUT2D eigenvalue weighted by Gasteiger charge is 2.16. The molecule has 0 aliphatic carbocycles. The summed E-state index contributed by atoms with van der Waals surface area (Å²) in [7, 11) is 0. The number of nitrogens with one attached hydrogen (secondary N) is 1. The number of amides is 1. The van der Waals surface area contributed by atoms with E-state index in [-0.39, 0.29) is 36.1 Å². The van der Waals surface area contributed by atoms with Crippen LogP contribution in [0.4, 0.5) is 4.39 Å². The van der Waals surface area contributed by atoms with Crippen molar-refractivity contribution in [2.24, 2.45) is 11.7 Å². The summed E-state index contributed by atoms with van der Waals surface area (Å²) in [5, 5.41) is 3.01. The van der Waals surface area contributed by atoms with E-state index in [1.54, 1.807) is 23.9 Å². The zero-order valence-electron chi connectivity index (χ0n) is 13.2. The molecule has 0 radical (unpaired) electrons. The van der Waals surface area contributed by atoms with E-state index in [1.165, 1.54) is 12.1 Å². The summed E-state index contributed by atoms with van der Waals surface area (Å²) in [6, 6.07) is 6.39. The van der Waals surface area contributed by atoms with Crippen molar-refractivity contribution in [3.63, 3.8) is 0 Å². The predicted octanol–water partition coefficient (Wildman–Crippen LogP) is 3.61. The first-order valence-corrected chi connectivity index (χ1v) is 8.44. The fourth-order valence-electron chi connectivity index (χ4n) is 1.87. The molecule has 1 aromatic rings. The molecular weight excluding hydrogens is 323 g/mol. The summed E-state index contributed by atoms with van der Waals surface area (Å²) in [5.74, 6) is 0.362. The molecule has 0 heterocycles. The van der Waals surface area contributed by atoms with Crippen molar-refractivity contribution in [1.29, 1.82) is 0 Å². The summed E-state index contributed by atoms with van der Waals surface area (Å²) < 4.78 is 12.8. The van der Waals surface area contributed by atoms with Crippen LogP contribution in [0.3, 0.4) is 0 Å². The second-order valence-corrected chi connectivity index (χ2v) is 6.34. The van der Waals surface area contributed by atoms with Gasteiger partial charge in [-0.25, -0.2) is 4.39 Å². The minimum absolute atomic E-state index is 0. The van der Waals surface area contributed by atoms with Crippen LogP contribution in [0.25, 0.3) is 0 Å². The fraction of sp³-hybridized carbons (Fsp3) is 0.562. The molecule has 0 aliphatic rings. The smallest absolute Gasteiger partial charge is 0.223 e. The molecule has 2 unspecified atom stereocenters. The van der Waals surface area contributed by atoms with Gasteiger partial charge >= 0.3 is 0 Å². The average Bonchev–Trinajstić information content (AvgIpc) is 2.50. The number of hydrogen-bond acceptors (Lipinski definition) is 3. The lowest BCUT2D eigenvalue weighted by molar-refractivity contribution is -0.124. The lowest BCUT2D eigenvalue weighted by Gasteiger charge is -2.19. The van der Waals surface area contributed by atoms with Crippen molar-refractivity contribution in [1.82, 2.24) is 5.32 Å². The molecular formula is C16H26ClFN2OS. The minimum Gasteiger partial charge on any atom is -0.352 e. The normalized spacial score (nSPS) is 13.1. The lowest BCUT2D eigenvalue weighted by atomic mass is 10.1. The van der Waals surface area contributed by atoms with Gasteiger partial charge in [0.2, 0.25) is 5.91 Å². The van der Waals surface area contributed by atoms with Crippen molar-refractivity contribution >= 4 is 30.1 Å². The summed E-state index contributed by atoms with van der Waals surface area (Å²) in [5.41, 5.74) is 5.69. The molecule has 1 amide bonds. The van der Waals surface area contributed by atoms with Crippen LogP contribution in [0, 0.1) is 11.7 Å². The summed E-state index contributed by atoms with van der Waals surface area (Å²) in [6.45, 7) is 4.50. The summed E-state index contributed by atoms with van der Waals surface area (Å²) >= 11 is 1.56. The second kappa shape index (κ2) is 11.7. The van der Waals surface area contributed by atoms with Crippen molar-refractivity contribution in [2.75, 3.05) is 12.3 Å². The first-order chi connectivity index (χ1) is 10.1. The Balaban J connectivity index is 0.00000441. The molecule has 3 nitrogen and oxygen atoms in total. The largest absolute Gasteiger partial charge is 0.352 e. The third kappa shape index (κ3) is 8.01. The highest BCUT2D eigenvalue weighted by atomic mass is 35.5. The number of carbonyl (C=O) groups excluding carboxylic acids is 1. The molecule has 0 saturated carbocycles. The average molecular weight is 349 g/mol. The highest BCUT2D eigenvalue weighted by Crippen LogP contribution is 2.21. The van der Waals surface area contributed by atoms with E-state index in [4.69, 9.17) is 5.73 Å². The number of rotatable bonds is 9. The van der Waals surface area contributed by atoms with Crippen LogP contribution in [-0.2, 0) is 4.79 Å². The van der Waals surface area contributed by atoms with Gasteiger partial charge in [-0.15, -0.1) is 24.2 Å². The quantitative estimate of drug-likeness (QED) is 0.670. The van der Waals surface area contributed by atoms with Gasteiger partial charge in [0.05, 0.1) is 0 Å². The topological polar surface area (TPSA) is 55.1 Å². The van der Waals surface area contributed by atoms with Crippen molar-refractivity contribution in [3.05, 3.63) is 30.1 Å². The third-order valence-corrected chi connectivity index (χ3v) is 4.57. The predicted molar refractivity (Wildman–Crippen MR) is 94.0 cm³/mol. The van der Waals surface area contributed by atoms with Crippen LogP contribution >= 0.6 is 24.2 Å². The Kier molecular flexibility index (Phi) is 11.3. The molecule has 1 aromatic carbocycles. The van der Waals surface area contributed by atoms with Gasteiger partial charge in [-0.2, -0.15) is 0 Å². The molecule has 6 heteroatoms. The first-order valence-electron chi connectivity index (χ1n) is 7.45. The van der Waals surface area contributed by atoms with E-state index >= 15 is 0 Å². The van der Waals surface area contributed by atoms with Gasteiger partial charge < -0.3 is 11.1 Å².